The smallest absolute Gasteiger partial charge is 0.340 e. The third kappa shape index (κ3) is 3.81. The largest absolute Gasteiger partial charge is 0.465 e. The number of carbonyl (C=O) groups excluding carboxylic acids is 2. The van der Waals surface area contributed by atoms with Gasteiger partial charge in [0, 0.05) is 11.9 Å². The molecule has 0 spiro atoms. The fourth-order valence-corrected chi connectivity index (χ4v) is 3.85. The van der Waals surface area contributed by atoms with Crippen LogP contribution in [0, 0.1) is 6.92 Å². The molecule has 0 saturated heterocycles. The van der Waals surface area contributed by atoms with Crippen LogP contribution in [0.2, 0.25) is 0 Å². The first kappa shape index (κ1) is 18.2. The highest BCUT2D eigenvalue weighted by Gasteiger charge is 2.19. The number of carbonyl (C=O) groups is 2. The third-order valence-electron chi connectivity index (χ3n) is 3.42. The molecule has 0 aromatic carbocycles. The number of hydrogen-bond acceptors (Lipinski definition) is 8. The standard InChI is InChI=1S/C16H16N4O4S2/c1-9-7-10(15(22)23-3)14(26-9)17-12(21)8-25-16-19-18-13(20(16)2)11-5-4-6-24-11/h4-7H,8H2,1-3H3,(H,17,21). The molecule has 1 amide bonds. The Morgan fingerprint density at radius 2 is 2.23 bits per heavy atom. The molecule has 0 aliphatic rings. The Kier molecular flexibility index (Phi) is 5.43. The number of esters is 1. The average Bonchev–Trinajstić information content (AvgIpc) is 3.33. The number of nitrogens with one attached hydrogen (secondary N) is 1. The van der Waals surface area contributed by atoms with Gasteiger partial charge >= 0.3 is 5.97 Å². The molecule has 1 N–H and O–H groups in total. The van der Waals surface area contributed by atoms with Gasteiger partial charge in [-0.3, -0.25) is 4.79 Å². The van der Waals surface area contributed by atoms with Crippen LogP contribution in [0.5, 0.6) is 0 Å². The van der Waals surface area contributed by atoms with Gasteiger partial charge < -0.3 is 19.0 Å². The lowest BCUT2D eigenvalue weighted by Crippen LogP contribution is -2.16. The summed E-state index contributed by atoms with van der Waals surface area (Å²) in [6, 6.07) is 5.25. The maximum absolute atomic E-state index is 12.3. The second kappa shape index (κ2) is 7.75. The molecule has 0 fully saturated rings. The molecule has 3 aromatic heterocycles. The predicted molar refractivity (Wildman–Crippen MR) is 98.5 cm³/mol. The highest BCUT2D eigenvalue weighted by atomic mass is 32.2. The molecule has 0 bridgehead atoms. The van der Waals surface area contributed by atoms with Gasteiger partial charge in [0.05, 0.1) is 24.7 Å². The number of thiophene rings is 1. The summed E-state index contributed by atoms with van der Waals surface area (Å²) in [7, 11) is 3.11. The monoisotopic (exact) mass is 392 g/mol. The zero-order chi connectivity index (χ0) is 18.7. The quantitative estimate of drug-likeness (QED) is 0.508. The number of aromatic nitrogens is 3. The molecule has 0 saturated carbocycles. The molecule has 8 nitrogen and oxygen atoms in total. The molecule has 0 radical (unpaired) electrons. The van der Waals surface area contributed by atoms with E-state index in [4.69, 9.17) is 9.15 Å². The summed E-state index contributed by atoms with van der Waals surface area (Å²) in [5, 5.41) is 12.0. The van der Waals surface area contributed by atoms with Crippen molar-refractivity contribution in [3.05, 3.63) is 34.9 Å². The zero-order valence-electron chi connectivity index (χ0n) is 14.3. The third-order valence-corrected chi connectivity index (χ3v) is 5.41. The van der Waals surface area contributed by atoms with Crippen molar-refractivity contribution in [1.82, 2.24) is 14.8 Å². The molecule has 10 heteroatoms. The summed E-state index contributed by atoms with van der Waals surface area (Å²) in [5.74, 6) is 0.591. The van der Waals surface area contributed by atoms with Gasteiger partial charge in [0.1, 0.15) is 5.00 Å². The first-order valence-electron chi connectivity index (χ1n) is 7.54. The summed E-state index contributed by atoms with van der Waals surface area (Å²) in [6.45, 7) is 1.86. The van der Waals surface area contributed by atoms with Gasteiger partial charge in [-0.25, -0.2) is 4.79 Å². The lowest BCUT2D eigenvalue weighted by Gasteiger charge is -2.05. The highest BCUT2D eigenvalue weighted by Crippen LogP contribution is 2.29. The molecular formula is C16H16N4O4S2. The summed E-state index contributed by atoms with van der Waals surface area (Å²) < 4.78 is 11.8. The van der Waals surface area contributed by atoms with E-state index in [1.54, 1.807) is 36.1 Å². The number of thioether (sulfide) groups is 1. The number of aryl methyl sites for hydroxylation is 1. The van der Waals surface area contributed by atoms with Crippen LogP contribution < -0.4 is 5.32 Å². The molecule has 0 aliphatic heterocycles. The van der Waals surface area contributed by atoms with Gasteiger partial charge in [0.2, 0.25) is 5.91 Å². The summed E-state index contributed by atoms with van der Waals surface area (Å²) in [4.78, 5) is 24.9. The van der Waals surface area contributed by atoms with Crippen molar-refractivity contribution >= 4 is 40.0 Å². The van der Waals surface area contributed by atoms with Crippen LogP contribution in [0.15, 0.2) is 34.0 Å². The lowest BCUT2D eigenvalue weighted by molar-refractivity contribution is -0.113. The van der Waals surface area contributed by atoms with Gasteiger partial charge in [0.25, 0.3) is 0 Å². The van der Waals surface area contributed by atoms with Gasteiger partial charge in [-0.15, -0.1) is 21.5 Å². The van der Waals surface area contributed by atoms with Crippen molar-refractivity contribution in [2.24, 2.45) is 7.05 Å². The molecule has 136 valence electrons. The predicted octanol–water partition coefficient (Wildman–Crippen LogP) is 2.96. The molecule has 0 atom stereocenters. The number of methoxy groups -OCH3 is 1. The minimum atomic E-state index is -0.478. The Morgan fingerprint density at radius 3 is 2.92 bits per heavy atom. The maximum Gasteiger partial charge on any atom is 0.340 e. The number of hydrogen-bond donors (Lipinski definition) is 1. The topological polar surface area (TPSA) is 99.2 Å². The second-order valence-electron chi connectivity index (χ2n) is 5.27. The summed E-state index contributed by atoms with van der Waals surface area (Å²) in [5.41, 5.74) is 0.354. The number of amides is 1. The number of nitrogens with zero attached hydrogens (tertiary/aromatic N) is 3. The van der Waals surface area contributed by atoms with E-state index in [1.165, 1.54) is 30.2 Å². The van der Waals surface area contributed by atoms with Crippen molar-refractivity contribution in [3.8, 4) is 11.6 Å². The van der Waals surface area contributed by atoms with E-state index in [0.29, 0.717) is 27.3 Å². The SMILES string of the molecule is COC(=O)c1cc(C)sc1NC(=O)CSc1nnc(-c2ccco2)n1C. The van der Waals surface area contributed by atoms with Crippen molar-refractivity contribution in [1.29, 1.82) is 0 Å². The fraction of sp³-hybridized carbons (Fsp3) is 0.250. The van der Waals surface area contributed by atoms with E-state index in [-0.39, 0.29) is 11.7 Å². The molecule has 3 heterocycles. The van der Waals surface area contributed by atoms with Gasteiger partial charge in [-0.2, -0.15) is 0 Å². The zero-order valence-corrected chi connectivity index (χ0v) is 15.9. The van der Waals surface area contributed by atoms with Crippen molar-refractivity contribution in [3.63, 3.8) is 0 Å². The van der Waals surface area contributed by atoms with Crippen LogP contribution in [-0.2, 0) is 16.6 Å². The number of rotatable bonds is 6. The molecule has 3 rings (SSSR count). The van der Waals surface area contributed by atoms with Crippen LogP contribution in [-0.4, -0.2) is 39.5 Å². The molecular weight excluding hydrogens is 376 g/mol. The van der Waals surface area contributed by atoms with E-state index in [1.807, 2.05) is 6.92 Å². The van der Waals surface area contributed by atoms with Crippen LogP contribution in [0.25, 0.3) is 11.6 Å². The Balaban J connectivity index is 1.65. The number of anilines is 1. The first-order valence-corrected chi connectivity index (χ1v) is 9.34. The van der Waals surface area contributed by atoms with Crippen LogP contribution >= 0.6 is 23.1 Å². The van der Waals surface area contributed by atoms with E-state index in [9.17, 15) is 9.59 Å². The lowest BCUT2D eigenvalue weighted by atomic mass is 10.3. The minimum Gasteiger partial charge on any atom is -0.465 e. The fourth-order valence-electron chi connectivity index (χ4n) is 2.22. The van der Waals surface area contributed by atoms with E-state index < -0.39 is 5.97 Å². The van der Waals surface area contributed by atoms with Crippen LogP contribution in [0.4, 0.5) is 5.00 Å². The molecule has 26 heavy (non-hydrogen) atoms. The highest BCUT2D eigenvalue weighted by molar-refractivity contribution is 7.99. The molecule has 0 aliphatic carbocycles. The van der Waals surface area contributed by atoms with Crippen LogP contribution in [0.3, 0.4) is 0 Å². The Hall–Kier alpha value is -2.59. The Morgan fingerprint density at radius 1 is 1.42 bits per heavy atom. The minimum absolute atomic E-state index is 0.127. The summed E-state index contributed by atoms with van der Waals surface area (Å²) in [6.07, 6.45) is 1.56. The second-order valence-corrected chi connectivity index (χ2v) is 7.47. The molecule has 0 unspecified atom stereocenters. The van der Waals surface area contributed by atoms with E-state index in [2.05, 4.69) is 15.5 Å². The van der Waals surface area contributed by atoms with Gasteiger partial charge in [-0.05, 0) is 25.1 Å². The maximum atomic E-state index is 12.3. The van der Waals surface area contributed by atoms with Crippen molar-refractivity contribution in [2.45, 2.75) is 12.1 Å². The first-order chi connectivity index (χ1) is 12.5. The van der Waals surface area contributed by atoms with Crippen molar-refractivity contribution in [2.75, 3.05) is 18.2 Å². The Bertz CT molecular complexity index is 930. The van der Waals surface area contributed by atoms with Crippen molar-refractivity contribution < 1.29 is 18.7 Å². The average molecular weight is 392 g/mol. The summed E-state index contributed by atoms with van der Waals surface area (Å²) >= 11 is 2.57. The Labute approximate surface area is 157 Å². The number of ether oxygens (including phenoxy) is 1. The van der Waals surface area contributed by atoms with E-state index >= 15 is 0 Å². The van der Waals surface area contributed by atoms with E-state index in [0.717, 1.165) is 4.88 Å². The van der Waals surface area contributed by atoms with Gasteiger partial charge in [0.15, 0.2) is 16.7 Å². The molecule has 3 aromatic rings. The normalized spacial score (nSPS) is 10.7. The number of furan rings is 1. The van der Waals surface area contributed by atoms with Crippen LogP contribution in [0.1, 0.15) is 15.2 Å². The van der Waals surface area contributed by atoms with Gasteiger partial charge in [-0.1, -0.05) is 11.8 Å².